The van der Waals surface area contributed by atoms with Gasteiger partial charge in [0.1, 0.15) is 6.73 Å². The van der Waals surface area contributed by atoms with Crippen molar-refractivity contribution in [1.29, 1.82) is 0 Å². The Labute approximate surface area is 79.0 Å². The maximum Gasteiger partial charge on any atom is 0.337 e. The number of halogens is 1. The van der Waals surface area contributed by atoms with Gasteiger partial charge in [0.2, 0.25) is 0 Å². The van der Waals surface area contributed by atoms with Crippen LogP contribution in [0.25, 0.3) is 0 Å². The summed E-state index contributed by atoms with van der Waals surface area (Å²) in [7, 11) is -2.83. The van der Waals surface area contributed by atoms with Gasteiger partial charge in [0.25, 0.3) is 0 Å². The van der Waals surface area contributed by atoms with Crippen molar-refractivity contribution in [3.63, 3.8) is 0 Å². The summed E-state index contributed by atoms with van der Waals surface area (Å²) in [6.45, 7) is 2.29. The highest BCUT2D eigenvalue weighted by Crippen LogP contribution is 1.92. The van der Waals surface area contributed by atoms with Crippen molar-refractivity contribution in [2.75, 3.05) is 20.4 Å². The molecule has 0 rings (SSSR count). The molecule has 0 saturated heterocycles. The molecular weight excluding hydrogens is 206 g/mol. The first kappa shape index (κ1) is 14.6. The molecule has 0 aromatic carbocycles. The first-order chi connectivity index (χ1) is 4.98. The summed E-state index contributed by atoms with van der Waals surface area (Å²) in [6, 6.07) is 0. The predicted molar refractivity (Wildman–Crippen MR) is 47.7 cm³/mol. The summed E-state index contributed by atoms with van der Waals surface area (Å²) in [4.78, 5) is 0. The van der Waals surface area contributed by atoms with Crippen LogP contribution in [0, 0.1) is 0 Å². The SMILES string of the molecule is CCCOCN(C)S(=O)(=O)O.Cl. The van der Waals surface area contributed by atoms with Crippen molar-refractivity contribution in [1.82, 2.24) is 4.31 Å². The highest BCUT2D eigenvalue weighted by Gasteiger charge is 2.11. The van der Waals surface area contributed by atoms with Gasteiger partial charge in [-0.25, -0.2) is 0 Å². The van der Waals surface area contributed by atoms with Gasteiger partial charge in [-0.1, -0.05) is 6.92 Å². The molecule has 7 heteroatoms. The van der Waals surface area contributed by atoms with E-state index >= 15 is 0 Å². The third-order valence-corrected chi connectivity index (χ3v) is 1.91. The summed E-state index contributed by atoms with van der Waals surface area (Å²) in [5.74, 6) is 0. The van der Waals surface area contributed by atoms with Crippen LogP contribution in [0.3, 0.4) is 0 Å². The second-order valence-electron chi connectivity index (χ2n) is 2.11. The zero-order valence-corrected chi connectivity index (χ0v) is 8.69. The quantitative estimate of drug-likeness (QED) is 0.416. The van der Waals surface area contributed by atoms with Crippen molar-refractivity contribution >= 4 is 22.7 Å². The minimum Gasteiger partial charge on any atom is -0.365 e. The molecule has 0 aliphatic rings. The Hall–Kier alpha value is 0.120. The number of nitrogens with zero attached hydrogens (tertiary/aromatic N) is 1. The van der Waals surface area contributed by atoms with E-state index in [0.717, 1.165) is 10.7 Å². The number of hydrogen-bond acceptors (Lipinski definition) is 3. The van der Waals surface area contributed by atoms with E-state index in [-0.39, 0.29) is 19.1 Å². The van der Waals surface area contributed by atoms with E-state index in [2.05, 4.69) is 0 Å². The molecule has 12 heavy (non-hydrogen) atoms. The summed E-state index contributed by atoms with van der Waals surface area (Å²) >= 11 is 0. The third kappa shape index (κ3) is 6.81. The zero-order chi connectivity index (χ0) is 8.91. The smallest absolute Gasteiger partial charge is 0.337 e. The molecule has 0 saturated carbocycles. The van der Waals surface area contributed by atoms with Gasteiger partial charge in [-0.3, -0.25) is 4.55 Å². The number of ether oxygens (including phenoxy) is 1. The fourth-order valence-corrected chi connectivity index (χ4v) is 0.612. The van der Waals surface area contributed by atoms with Crippen molar-refractivity contribution < 1.29 is 17.7 Å². The fraction of sp³-hybridized carbons (Fsp3) is 1.00. The maximum absolute atomic E-state index is 10.3. The molecule has 0 atom stereocenters. The molecule has 76 valence electrons. The molecule has 0 unspecified atom stereocenters. The van der Waals surface area contributed by atoms with Gasteiger partial charge in [0.15, 0.2) is 0 Å². The molecule has 0 radical (unpaired) electrons. The normalized spacial score (nSPS) is 11.3. The van der Waals surface area contributed by atoms with Gasteiger partial charge in [0.05, 0.1) is 0 Å². The minimum absolute atomic E-state index is 0. The van der Waals surface area contributed by atoms with Crippen molar-refractivity contribution in [2.45, 2.75) is 13.3 Å². The molecular formula is C5H14ClNO4S. The molecule has 1 N–H and O–H groups in total. The van der Waals surface area contributed by atoms with Crippen LogP contribution in [0.4, 0.5) is 0 Å². The summed E-state index contributed by atoms with van der Waals surface area (Å²) in [5.41, 5.74) is 0. The zero-order valence-electron chi connectivity index (χ0n) is 7.06. The molecule has 0 aromatic rings. The van der Waals surface area contributed by atoms with E-state index in [1.165, 1.54) is 7.05 Å². The van der Waals surface area contributed by atoms with Gasteiger partial charge in [-0.15, -0.1) is 12.4 Å². The molecule has 0 fully saturated rings. The predicted octanol–water partition coefficient (Wildman–Crippen LogP) is 0.527. The summed E-state index contributed by atoms with van der Waals surface area (Å²) in [5, 5.41) is 0. The molecule has 0 bridgehead atoms. The van der Waals surface area contributed by atoms with Crippen molar-refractivity contribution in [2.24, 2.45) is 0 Å². The Balaban J connectivity index is 0. The van der Waals surface area contributed by atoms with E-state index in [0.29, 0.717) is 6.61 Å². The monoisotopic (exact) mass is 219 g/mol. The standard InChI is InChI=1S/C5H13NO4S.ClH/c1-3-4-10-5-6(2)11(7,8)9;/h3-5H2,1-2H3,(H,7,8,9);1H. The van der Waals surface area contributed by atoms with Crippen LogP contribution < -0.4 is 0 Å². The van der Waals surface area contributed by atoms with E-state index in [4.69, 9.17) is 9.29 Å². The van der Waals surface area contributed by atoms with E-state index in [1.807, 2.05) is 6.92 Å². The first-order valence-electron chi connectivity index (χ1n) is 3.25. The third-order valence-electron chi connectivity index (χ3n) is 1.02. The van der Waals surface area contributed by atoms with Gasteiger partial charge in [-0.2, -0.15) is 12.7 Å². The molecule has 0 amide bonds. The lowest BCUT2D eigenvalue weighted by Gasteiger charge is -2.11. The first-order valence-corrected chi connectivity index (χ1v) is 4.64. The van der Waals surface area contributed by atoms with Gasteiger partial charge in [-0.05, 0) is 6.42 Å². The Morgan fingerprint density at radius 3 is 2.33 bits per heavy atom. The largest absolute Gasteiger partial charge is 0.365 e. The van der Waals surface area contributed by atoms with E-state index in [1.54, 1.807) is 0 Å². The summed E-state index contributed by atoms with van der Waals surface area (Å²) in [6.07, 6.45) is 0.819. The average Bonchev–Trinajstić information content (AvgIpc) is 1.86. The number of hydrogen-bond donors (Lipinski definition) is 1. The van der Waals surface area contributed by atoms with Crippen LogP contribution in [0.15, 0.2) is 0 Å². The van der Waals surface area contributed by atoms with Gasteiger partial charge < -0.3 is 4.74 Å². The van der Waals surface area contributed by atoms with Crippen molar-refractivity contribution in [3.8, 4) is 0 Å². The van der Waals surface area contributed by atoms with E-state index in [9.17, 15) is 8.42 Å². The molecule has 0 aliphatic heterocycles. The molecule has 0 aliphatic carbocycles. The molecule has 0 aromatic heterocycles. The molecule has 0 heterocycles. The lowest BCUT2D eigenvalue weighted by Crippen LogP contribution is -2.28. The second-order valence-corrected chi connectivity index (χ2v) is 3.63. The molecule has 0 spiro atoms. The second kappa shape index (κ2) is 6.62. The highest BCUT2D eigenvalue weighted by atomic mass is 35.5. The van der Waals surface area contributed by atoms with Gasteiger partial charge in [0, 0.05) is 13.7 Å². The Kier molecular flexibility index (Phi) is 8.07. The Morgan fingerprint density at radius 2 is 2.00 bits per heavy atom. The van der Waals surface area contributed by atoms with Crippen LogP contribution in [0.2, 0.25) is 0 Å². The maximum atomic E-state index is 10.3. The van der Waals surface area contributed by atoms with Crippen LogP contribution >= 0.6 is 12.4 Å². The number of rotatable bonds is 5. The van der Waals surface area contributed by atoms with Crippen LogP contribution in [-0.4, -0.2) is 37.7 Å². The summed E-state index contributed by atoms with van der Waals surface area (Å²) < 4.78 is 34.6. The topological polar surface area (TPSA) is 66.8 Å². The average molecular weight is 220 g/mol. The lowest BCUT2D eigenvalue weighted by atomic mass is 10.5. The van der Waals surface area contributed by atoms with Gasteiger partial charge >= 0.3 is 10.3 Å². The van der Waals surface area contributed by atoms with E-state index < -0.39 is 10.3 Å². The fourth-order valence-electron chi connectivity index (χ4n) is 0.404. The Morgan fingerprint density at radius 1 is 1.50 bits per heavy atom. The van der Waals surface area contributed by atoms with Crippen LogP contribution in [-0.2, 0) is 15.0 Å². The highest BCUT2D eigenvalue weighted by molar-refractivity contribution is 7.83. The lowest BCUT2D eigenvalue weighted by molar-refractivity contribution is 0.0776. The molecule has 5 nitrogen and oxygen atoms in total. The minimum atomic E-state index is -4.07. The Bertz CT molecular complexity index is 194. The van der Waals surface area contributed by atoms with Crippen LogP contribution in [0.1, 0.15) is 13.3 Å². The van der Waals surface area contributed by atoms with Crippen LogP contribution in [0.5, 0.6) is 0 Å². The van der Waals surface area contributed by atoms with Crippen molar-refractivity contribution in [3.05, 3.63) is 0 Å².